The Bertz CT molecular complexity index is 1030. The molecule has 1 aromatic rings. The summed E-state index contributed by atoms with van der Waals surface area (Å²) in [6.45, 7) is 22.2. The highest BCUT2D eigenvalue weighted by molar-refractivity contribution is 7.95. The van der Waals surface area contributed by atoms with Crippen molar-refractivity contribution in [2.75, 3.05) is 12.4 Å². The minimum atomic E-state index is -3.64. The van der Waals surface area contributed by atoms with E-state index >= 15 is 0 Å². The van der Waals surface area contributed by atoms with Gasteiger partial charge in [-0.15, -0.1) is 0 Å². The van der Waals surface area contributed by atoms with E-state index in [-0.39, 0.29) is 33.4 Å². The van der Waals surface area contributed by atoms with Crippen LogP contribution in [0.1, 0.15) is 67.7 Å². The summed E-state index contributed by atoms with van der Waals surface area (Å²) in [6.07, 6.45) is 2.98. The van der Waals surface area contributed by atoms with Gasteiger partial charge in [-0.2, -0.15) is 4.15 Å². The Morgan fingerprint density at radius 1 is 1.18 bits per heavy atom. The highest BCUT2D eigenvalue weighted by Gasteiger charge is 2.66. The van der Waals surface area contributed by atoms with Crippen LogP contribution in [-0.2, 0) is 14.4 Å². The smallest absolute Gasteiger partial charge is 0.252 e. The number of sulfonamides is 1. The fourth-order valence-electron chi connectivity index (χ4n) is 5.82. The largest absolute Gasteiger partial charge is 0.413 e. The van der Waals surface area contributed by atoms with Crippen molar-refractivity contribution >= 4 is 30.7 Å². The molecule has 2 saturated carbocycles. The van der Waals surface area contributed by atoms with Crippen LogP contribution in [0.4, 0.5) is 0 Å². The molecule has 0 saturated heterocycles. The lowest BCUT2D eigenvalue weighted by molar-refractivity contribution is 0.0237. The molecule has 1 aromatic carbocycles. The molecule has 2 aliphatic rings. The van der Waals surface area contributed by atoms with E-state index in [1.54, 1.807) is 0 Å². The van der Waals surface area contributed by atoms with Crippen molar-refractivity contribution in [2.24, 2.45) is 20.9 Å². The normalized spacial score (nSPS) is 29.3. The number of hydrogen-bond acceptors (Lipinski definition) is 3. The summed E-state index contributed by atoms with van der Waals surface area (Å²) in [5.41, 5.74) is -0.268. The Kier molecular flexibility index (Phi) is 7.08. The maximum atomic E-state index is 13.9. The molecule has 0 aromatic heterocycles. The third-order valence-electron chi connectivity index (χ3n) is 9.62. The lowest BCUT2D eigenvalue weighted by Gasteiger charge is -2.47. The molecule has 2 bridgehead atoms. The van der Waals surface area contributed by atoms with Gasteiger partial charge in [-0.3, -0.25) is 0 Å². The van der Waals surface area contributed by atoms with Crippen LogP contribution in [0.25, 0.3) is 0 Å². The first-order chi connectivity index (χ1) is 14.9. The SMILES string of the molecule is CC(C)P(C)(=NS(=O)(=O)CC12CCC(C[C@H]1O[Si](C)(C)C(C)(C)C)C2(C)C)c1ccccc1. The number of hydrogen-bond donors (Lipinski definition) is 0. The molecule has 0 spiro atoms. The zero-order valence-corrected chi connectivity index (χ0v) is 25.2. The predicted molar refractivity (Wildman–Crippen MR) is 146 cm³/mol. The summed E-state index contributed by atoms with van der Waals surface area (Å²) in [7, 11) is -7.90. The second kappa shape index (κ2) is 8.60. The van der Waals surface area contributed by atoms with E-state index in [1.165, 1.54) is 0 Å². The van der Waals surface area contributed by atoms with Gasteiger partial charge in [0, 0.05) is 12.5 Å². The van der Waals surface area contributed by atoms with E-state index in [2.05, 4.69) is 68.2 Å². The third kappa shape index (κ3) is 4.71. The highest BCUT2D eigenvalue weighted by Crippen LogP contribution is 2.68. The van der Waals surface area contributed by atoms with E-state index in [0.717, 1.165) is 24.6 Å². The first kappa shape index (κ1) is 27.2. The predicted octanol–water partition coefficient (Wildman–Crippen LogP) is 7.10. The van der Waals surface area contributed by atoms with Gasteiger partial charge in [0.2, 0.25) is 0 Å². The quantitative estimate of drug-likeness (QED) is 0.290. The molecule has 0 N–H and O–H groups in total. The fraction of sp³-hybridized carbons (Fsp3) is 0.769. The Balaban J connectivity index is 2.05. The van der Waals surface area contributed by atoms with Gasteiger partial charge in [0.1, 0.15) is 0 Å². The molecule has 3 unspecified atom stereocenters. The minimum Gasteiger partial charge on any atom is -0.413 e. The lowest BCUT2D eigenvalue weighted by atomic mass is 9.70. The van der Waals surface area contributed by atoms with Crippen molar-refractivity contribution < 1.29 is 12.8 Å². The summed E-state index contributed by atoms with van der Waals surface area (Å²) < 4.78 is 39.5. The fourth-order valence-corrected chi connectivity index (χ4v) is 13.4. The van der Waals surface area contributed by atoms with Crippen LogP contribution in [0.5, 0.6) is 0 Å². The average Bonchev–Trinajstić information content (AvgIpc) is 3.01. The molecule has 4 atom stereocenters. The van der Waals surface area contributed by atoms with Crippen LogP contribution in [-0.4, -0.2) is 40.9 Å². The van der Waals surface area contributed by atoms with Gasteiger partial charge in [0.15, 0.2) is 8.32 Å². The maximum absolute atomic E-state index is 13.9. The summed E-state index contributed by atoms with van der Waals surface area (Å²) in [6, 6.07) is 10.0. The third-order valence-corrected chi connectivity index (χ3v) is 20.7. The summed E-state index contributed by atoms with van der Waals surface area (Å²) in [5.74, 6) is 0.626. The van der Waals surface area contributed by atoms with Gasteiger partial charge in [0.05, 0.1) is 11.9 Å². The molecule has 188 valence electrons. The van der Waals surface area contributed by atoms with E-state index in [0.29, 0.717) is 5.92 Å². The van der Waals surface area contributed by atoms with Crippen molar-refractivity contribution in [3.05, 3.63) is 30.3 Å². The Labute approximate surface area is 204 Å². The molecular formula is C26H46NO3PSSi. The zero-order chi connectivity index (χ0) is 25.1. The summed E-state index contributed by atoms with van der Waals surface area (Å²) in [5, 5.41) is 1.16. The van der Waals surface area contributed by atoms with Gasteiger partial charge in [-0.25, -0.2) is 8.42 Å². The second-order valence-electron chi connectivity index (χ2n) is 13.0. The molecule has 4 nitrogen and oxygen atoms in total. The van der Waals surface area contributed by atoms with Crippen molar-refractivity contribution in [3.63, 3.8) is 0 Å². The zero-order valence-electron chi connectivity index (χ0n) is 22.5. The number of fused-ring (bicyclic) bond motifs is 2. The molecule has 7 heteroatoms. The molecule has 0 radical (unpaired) electrons. The lowest BCUT2D eigenvalue weighted by Crippen LogP contribution is -2.52. The van der Waals surface area contributed by atoms with Crippen molar-refractivity contribution in [1.82, 2.24) is 0 Å². The van der Waals surface area contributed by atoms with Crippen LogP contribution in [0.2, 0.25) is 18.1 Å². The molecule has 0 aliphatic heterocycles. The van der Waals surface area contributed by atoms with Gasteiger partial charge in [0.25, 0.3) is 10.0 Å². The van der Waals surface area contributed by atoms with Crippen LogP contribution in [0, 0.1) is 16.7 Å². The van der Waals surface area contributed by atoms with Crippen molar-refractivity contribution in [2.45, 2.75) is 97.6 Å². The van der Waals surface area contributed by atoms with Crippen LogP contribution in [0.3, 0.4) is 0 Å². The first-order valence-corrected chi connectivity index (χ1v) is 19.2. The second-order valence-corrected chi connectivity index (χ2v) is 23.4. The van der Waals surface area contributed by atoms with Crippen LogP contribution in [0.15, 0.2) is 34.5 Å². The van der Waals surface area contributed by atoms with E-state index in [4.69, 9.17) is 8.58 Å². The van der Waals surface area contributed by atoms with Crippen molar-refractivity contribution in [1.29, 1.82) is 0 Å². The monoisotopic (exact) mass is 511 g/mol. The Hall–Kier alpha value is -0.423. The standard InChI is InChI=1S/C26H46NO3PSSi/c1-20(2)31(8,22-14-12-11-13-15-22)27-32(28,29)19-26-17-16-21(25(26,6)7)18-23(26)30-33(9,10)24(3,4)5/h11-15,20-21,23H,16-19H2,1-10H3/t21?,23-,26?,31?/m1/s1. The molecule has 0 amide bonds. The molecule has 2 fully saturated rings. The topological polar surface area (TPSA) is 55.7 Å². The molecule has 0 heterocycles. The Morgan fingerprint density at radius 3 is 2.24 bits per heavy atom. The van der Waals surface area contributed by atoms with Gasteiger partial charge < -0.3 is 4.43 Å². The number of nitrogens with zero attached hydrogens (tertiary/aromatic N) is 1. The van der Waals surface area contributed by atoms with E-state index in [1.807, 2.05) is 30.3 Å². The van der Waals surface area contributed by atoms with Crippen molar-refractivity contribution in [3.8, 4) is 0 Å². The van der Waals surface area contributed by atoms with Gasteiger partial charge in [-0.05, 0) is 66.4 Å². The Morgan fingerprint density at radius 2 is 1.76 bits per heavy atom. The van der Waals surface area contributed by atoms with Gasteiger partial charge in [-0.1, -0.05) is 78.8 Å². The molecule has 33 heavy (non-hydrogen) atoms. The molecule has 2 aliphatic carbocycles. The van der Waals surface area contributed by atoms with Crippen LogP contribution < -0.4 is 5.30 Å². The van der Waals surface area contributed by atoms with E-state index in [9.17, 15) is 8.42 Å². The summed E-state index contributed by atoms with van der Waals surface area (Å²) in [4.78, 5) is 0. The molecule has 3 rings (SSSR count). The van der Waals surface area contributed by atoms with E-state index < -0.39 is 25.4 Å². The highest BCUT2D eigenvalue weighted by atomic mass is 32.2. The van der Waals surface area contributed by atoms with Crippen LogP contribution >= 0.6 is 7.05 Å². The number of benzene rings is 1. The average molecular weight is 512 g/mol. The maximum Gasteiger partial charge on any atom is 0.252 e. The van der Waals surface area contributed by atoms with Gasteiger partial charge >= 0.3 is 0 Å². The molecular weight excluding hydrogens is 465 g/mol. The minimum absolute atomic E-state index is 0.00233. The first-order valence-electron chi connectivity index (χ1n) is 12.4. The summed E-state index contributed by atoms with van der Waals surface area (Å²) >= 11 is 0. The number of rotatable bonds is 7.